The Morgan fingerprint density at radius 1 is 1.02 bits per heavy atom. The van der Waals surface area contributed by atoms with Crippen molar-refractivity contribution in [2.24, 2.45) is 5.92 Å². The monoisotopic (exact) mass is 549 g/mol. The predicted molar refractivity (Wildman–Crippen MR) is 154 cm³/mol. The van der Waals surface area contributed by atoms with Gasteiger partial charge in [0.25, 0.3) is 0 Å². The summed E-state index contributed by atoms with van der Waals surface area (Å²) in [5.41, 5.74) is 7.05. The van der Waals surface area contributed by atoms with E-state index in [9.17, 15) is 9.18 Å². The molecule has 0 radical (unpaired) electrons. The molecule has 0 saturated carbocycles. The summed E-state index contributed by atoms with van der Waals surface area (Å²) >= 11 is 0. The lowest BCUT2D eigenvalue weighted by Gasteiger charge is -2.28. The number of anilines is 1. The second-order valence-electron chi connectivity index (χ2n) is 10.6. The molecule has 10 nitrogen and oxygen atoms in total. The van der Waals surface area contributed by atoms with E-state index in [4.69, 9.17) is 4.98 Å². The van der Waals surface area contributed by atoms with Crippen LogP contribution < -0.4 is 10.6 Å². The third kappa shape index (κ3) is 4.84. The van der Waals surface area contributed by atoms with Gasteiger partial charge in [-0.25, -0.2) is 14.4 Å². The fourth-order valence-electron chi connectivity index (χ4n) is 5.47. The Bertz CT molecular complexity index is 1780. The number of hydrogen-bond donors (Lipinski definition) is 4. The van der Waals surface area contributed by atoms with Crippen molar-refractivity contribution in [2.45, 2.75) is 19.4 Å². The quantitative estimate of drug-likeness (QED) is 0.257. The molecule has 206 valence electrons. The molecule has 1 aromatic carbocycles. The van der Waals surface area contributed by atoms with Gasteiger partial charge < -0.3 is 20.5 Å². The first-order valence-electron chi connectivity index (χ1n) is 13.6. The first-order chi connectivity index (χ1) is 20.0. The first kappa shape index (κ1) is 25.1. The third-order valence-electron chi connectivity index (χ3n) is 7.78. The van der Waals surface area contributed by atoms with E-state index in [1.165, 1.54) is 12.1 Å². The molecule has 0 bridgehead atoms. The van der Waals surface area contributed by atoms with Gasteiger partial charge in [-0.3, -0.25) is 14.9 Å². The van der Waals surface area contributed by atoms with E-state index in [1.807, 2.05) is 18.3 Å². The van der Waals surface area contributed by atoms with E-state index in [0.29, 0.717) is 29.4 Å². The van der Waals surface area contributed by atoms with Crippen LogP contribution in [0, 0.1) is 11.7 Å². The molecular weight excluding hydrogens is 521 g/mol. The number of carbonyl (C=O) groups excluding carboxylic acids is 1. The highest BCUT2D eigenvalue weighted by atomic mass is 19.1. The van der Waals surface area contributed by atoms with Gasteiger partial charge >= 0.3 is 0 Å². The highest BCUT2D eigenvalue weighted by molar-refractivity contribution is 5.94. The minimum absolute atomic E-state index is 0.00843. The van der Waals surface area contributed by atoms with Crippen LogP contribution >= 0.6 is 0 Å². The molecular formula is C30H28FN9O. The summed E-state index contributed by atoms with van der Waals surface area (Å²) in [5, 5.41) is 14.6. The second kappa shape index (κ2) is 10.3. The molecule has 1 saturated heterocycles. The number of imidazole rings is 1. The van der Waals surface area contributed by atoms with Crippen LogP contribution in [0.4, 0.5) is 10.1 Å². The van der Waals surface area contributed by atoms with Gasteiger partial charge in [0.05, 0.1) is 35.2 Å². The van der Waals surface area contributed by atoms with E-state index in [0.717, 1.165) is 65.0 Å². The highest BCUT2D eigenvalue weighted by Crippen LogP contribution is 2.33. The van der Waals surface area contributed by atoms with Gasteiger partial charge in [-0.2, -0.15) is 5.10 Å². The summed E-state index contributed by atoms with van der Waals surface area (Å²) in [6, 6.07) is 10.3. The molecule has 41 heavy (non-hydrogen) atoms. The Labute approximate surface area is 235 Å². The number of halogens is 1. The van der Waals surface area contributed by atoms with Crippen LogP contribution in [0.25, 0.3) is 39.3 Å². The fourth-order valence-corrected chi connectivity index (χ4v) is 5.47. The summed E-state index contributed by atoms with van der Waals surface area (Å²) < 4.78 is 13.5. The molecule has 4 N–H and O–H groups in total. The number of rotatable bonds is 5. The Morgan fingerprint density at radius 2 is 1.83 bits per heavy atom. The van der Waals surface area contributed by atoms with Crippen molar-refractivity contribution in [3.05, 3.63) is 84.0 Å². The minimum atomic E-state index is -0.285. The molecule has 11 heteroatoms. The van der Waals surface area contributed by atoms with E-state index in [1.54, 1.807) is 30.7 Å². The van der Waals surface area contributed by atoms with E-state index in [2.05, 4.69) is 47.7 Å². The molecule has 1 fully saturated rings. The van der Waals surface area contributed by atoms with Crippen LogP contribution in [0.5, 0.6) is 0 Å². The lowest BCUT2D eigenvalue weighted by molar-refractivity contribution is -0.121. The largest absolute Gasteiger partial charge is 0.385 e. The lowest BCUT2D eigenvalue weighted by Crippen LogP contribution is -2.35. The van der Waals surface area contributed by atoms with Crippen molar-refractivity contribution in [1.82, 2.24) is 40.3 Å². The van der Waals surface area contributed by atoms with Gasteiger partial charge in [0, 0.05) is 41.2 Å². The van der Waals surface area contributed by atoms with Crippen LogP contribution in [0.15, 0.2) is 61.2 Å². The highest BCUT2D eigenvalue weighted by Gasteiger charge is 2.24. The van der Waals surface area contributed by atoms with Gasteiger partial charge in [0.1, 0.15) is 11.5 Å². The van der Waals surface area contributed by atoms with Crippen molar-refractivity contribution in [3.63, 3.8) is 0 Å². The number of amides is 1. The summed E-state index contributed by atoms with van der Waals surface area (Å²) in [7, 11) is 2.08. The van der Waals surface area contributed by atoms with Crippen molar-refractivity contribution in [1.29, 1.82) is 0 Å². The molecule has 5 aromatic rings. The van der Waals surface area contributed by atoms with Crippen molar-refractivity contribution < 1.29 is 9.18 Å². The van der Waals surface area contributed by atoms with Crippen LogP contribution in [-0.4, -0.2) is 61.1 Å². The van der Waals surface area contributed by atoms with Crippen molar-refractivity contribution in [2.75, 3.05) is 25.5 Å². The van der Waals surface area contributed by atoms with Crippen LogP contribution in [-0.2, 0) is 11.3 Å². The number of piperidine rings is 1. The number of H-pyrrole nitrogens is 2. The number of fused-ring (bicyclic) bond motifs is 2. The lowest BCUT2D eigenvalue weighted by atomic mass is 9.96. The van der Waals surface area contributed by atoms with Crippen LogP contribution in [0.1, 0.15) is 29.8 Å². The van der Waals surface area contributed by atoms with Gasteiger partial charge in [-0.1, -0.05) is 12.1 Å². The molecule has 0 aliphatic carbocycles. The molecule has 0 spiro atoms. The number of aromatic nitrogens is 6. The van der Waals surface area contributed by atoms with Gasteiger partial charge in [-0.05, 0) is 62.8 Å². The maximum absolute atomic E-state index is 13.5. The molecule has 1 amide bonds. The zero-order chi connectivity index (χ0) is 27.9. The van der Waals surface area contributed by atoms with Gasteiger partial charge in [-0.15, -0.1) is 0 Å². The van der Waals surface area contributed by atoms with E-state index < -0.39 is 0 Å². The predicted octanol–water partition coefficient (Wildman–Crippen LogP) is 4.32. The number of likely N-dealkylation sites (tertiary alicyclic amines) is 1. The Balaban J connectivity index is 1.17. The smallest absolute Gasteiger partial charge is 0.227 e. The van der Waals surface area contributed by atoms with Crippen molar-refractivity contribution in [3.8, 4) is 22.6 Å². The summed E-state index contributed by atoms with van der Waals surface area (Å²) in [4.78, 5) is 32.4. The van der Waals surface area contributed by atoms with Crippen LogP contribution in [0.2, 0.25) is 0 Å². The Hall–Kier alpha value is -4.90. The number of nitrogens with zero attached hydrogens (tertiary/aromatic N) is 5. The third-order valence-corrected chi connectivity index (χ3v) is 7.78. The molecule has 2 aliphatic heterocycles. The number of hydrogen-bond acceptors (Lipinski definition) is 7. The van der Waals surface area contributed by atoms with Crippen molar-refractivity contribution >= 4 is 28.2 Å². The molecule has 6 heterocycles. The second-order valence-corrected chi connectivity index (χ2v) is 10.6. The molecule has 7 rings (SSSR count). The molecule has 0 atom stereocenters. The zero-order valence-electron chi connectivity index (χ0n) is 22.4. The summed E-state index contributed by atoms with van der Waals surface area (Å²) in [5.74, 6) is 0.365. The average molecular weight is 550 g/mol. The maximum atomic E-state index is 13.5. The van der Waals surface area contributed by atoms with E-state index >= 15 is 0 Å². The number of benzene rings is 1. The van der Waals surface area contributed by atoms with Gasteiger partial charge in [0.15, 0.2) is 11.5 Å². The molecule has 4 aromatic heterocycles. The standard InChI is InChI=1S/C30H28FN9O/c1-40-8-6-18(7-9-40)30(41)35-22-10-19(12-32-14-22)20-11-23-27(38-39-28(23)34-13-20)29-36-25-16-33-15-24(26(25)37-29)17-2-4-21(31)5-3-17/h2-5,10-15,18,33H,6-9,16H2,1H3,(H,35,41)(H,36,37)(H,34,38,39). The van der Waals surface area contributed by atoms with Crippen LogP contribution in [0.3, 0.4) is 0 Å². The molecule has 2 aliphatic rings. The number of carbonyl (C=O) groups is 1. The number of aromatic amines is 2. The fraction of sp³-hybridized carbons (Fsp3) is 0.233. The first-order valence-corrected chi connectivity index (χ1v) is 13.6. The summed E-state index contributed by atoms with van der Waals surface area (Å²) in [6.45, 7) is 2.43. The number of nitrogens with one attached hydrogen (secondary N) is 4. The maximum Gasteiger partial charge on any atom is 0.227 e. The average Bonchev–Trinajstić information content (AvgIpc) is 3.62. The zero-order valence-corrected chi connectivity index (χ0v) is 22.4. The van der Waals surface area contributed by atoms with E-state index in [-0.39, 0.29) is 17.6 Å². The normalized spacial score (nSPS) is 15.8. The van der Waals surface area contributed by atoms with Gasteiger partial charge in [0.2, 0.25) is 5.91 Å². The summed E-state index contributed by atoms with van der Waals surface area (Å²) in [6.07, 6.45) is 8.79. The molecule has 0 unspecified atom stereocenters. The topological polar surface area (TPSA) is 128 Å². The SMILES string of the molecule is CN1CCC(C(=O)Nc2cncc(-c3cnc4[nH]nc(-c5nc6c([nH]5)CNC=C6c5ccc(F)cc5)c4c3)c2)CC1. The minimum Gasteiger partial charge on any atom is -0.385 e. The Kier molecular flexibility index (Phi) is 6.27. The Morgan fingerprint density at radius 3 is 2.66 bits per heavy atom. The number of pyridine rings is 2.